The van der Waals surface area contributed by atoms with Gasteiger partial charge in [-0.25, -0.2) is 0 Å². The van der Waals surface area contributed by atoms with Crippen LogP contribution in [0.4, 0.5) is 0 Å². The standard InChI is InChI=1S/C26H24O4/c1-14-10-19(17-6-8-27-22(17)11-14)23-16(3)12-20(25-18(23)7-9-28-25)24-15(2)4-5-21-26(24)30-13-29-21/h4-5,10-12H,6-9,13H2,1-3H3. The SMILES string of the molecule is Cc1cc2c(c(-c3c(C)cc(-c4c(C)ccc5c4OCO5)c4c3CCO4)c1)CCO2. The molecule has 0 atom stereocenters. The summed E-state index contributed by atoms with van der Waals surface area (Å²) in [6.07, 6.45) is 1.87. The summed E-state index contributed by atoms with van der Waals surface area (Å²) in [5, 5.41) is 0. The van der Waals surface area contributed by atoms with Gasteiger partial charge in [0.05, 0.1) is 13.2 Å². The number of hydrogen-bond donors (Lipinski definition) is 0. The van der Waals surface area contributed by atoms with Crippen molar-refractivity contribution in [1.82, 2.24) is 0 Å². The van der Waals surface area contributed by atoms with E-state index in [1.165, 1.54) is 33.4 Å². The Labute approximate surface area is 176 Å². The maximum absolute atomic E-state index is 6.24. The normalized spacial score (nSPS) is 15.6. The number of fused-ring (bicyclic) bond motifs is 3. The molecule has 30 heavy (non-hydrogen) atoms. The zero-order chi connectivity index (χ0) is 20.4. The van der Waals surface area contributed by atoms with Gasteiger partial charge < -0.3 is 18.9 Å². The molecule has 0 saturated heterocycles. The minimum atomic E-state index is 0.265. The number of ether oxygens (including phenoxy) is 4. The van der Waals surface area contributed by atoms with Gasteiger partial charge in [-0.1, -0.05) is 12.1 Å². The fraction of sp³-hybridized carbons (Fsp3) is 0.308. The summed E-state index contributed by atoms with van der Waals surface area (Å²) in [5.41, 5.74) is 11.0. The van der Waals surface area contributed by atoms with Crippen LogP contribution in [0, 0.1) is 20.8 Å². The Morgan fingerprint density at radius 2 is 1.47 bits per heavy atom. The second-order valence-electron chi connectivity index (χ2n) is 8.40. The van der Waals surface area contributed by atoms with Gasteiger partial charge in [0, 0.05) is 35.1 Å². The molecule has 0 saturated carbocycles. The Hall–Kier alpha value is -3.14. The predicted molar refractivity (Wildman–Crippen MR) is 116 cm³/mol. The molecule has 4 nitrogen and oxygen atoms in total. The van der Waals surface area contributed by atoms with Crippen LogP contribution < -0.4 is 18.9 Å². The lowest BCUT2D eigenvalue weighted by Crippen LogP contribution is -1.98. The summed E-state index contributed by atoms with van der Waals surface area (Å²) < 4.78 is 23.6. The minimum Gasteiger partial charge on any atom is -0.493 e. The summed E-state index contributed by atoms with van der Waals surface area (Å²) in [6.45, 7) is 8.19. The molecule has 0 amide bonds. The maximum Gasteiger partial charge on any atom is 0.231 e. The second-order valence-corrected chi connectivity index (χ2v) is 8.40. The molecule has 3 aromatic rings. The van der Waals surface area contributed by atoms with Gasteiger partial charge in [-0.05, 0) is 66.8 Å². The molecule has 4 heteroatoms. The van der Waals surface area contributed by atoms with Crippen LogP contribution in [0.25, 0.3) is 22.3 Å². The van der Waals surface area contributed by atoms with Crippen LogP contribution in [0.3, 0.4) is 0 Å². The molecule has 0 spiro atoms. The van der Waals surface area contributed by atoms with Gasteiger partial charge in [0.1, 0.15) is 11.5 Å². The lowest BCUT2D eigenvalue weighted by molar-refractivity contribution is 0.174. The van der Waals surface area contributed by atoms with Crippen LogP contribution in [-0.4, -0.2) is 20.0 Å². The molecule has 0 radical (unpaired) electrons. The van der Waals surface area contributed by atoms with Crippen LogP contribution in [0.5, 0.6) is 23.0 Å². The number of hydrogen-bond acceptors (Lipinski definition) is 4. The molecular formula is C26H24O4. The second kappa shape index (κ2) is 6.43. The quantitative estimate of drug-likeness (QED) is 0.566. The average molecular weight is 400 g/mol. The zero-order valence-corrected chi connectivity index (χ0v) is 17.6. The van der Waals surface area contributed by atoms with Crippen LogP contribution in [-0.2, 0) is 12.8 Å². The van der Waals surface area contributed by atoms with Crippen molar-refractivity contribution < 1.29 is 18.9 Å². The highest BCUT2D eigenvalue weighted by molar-refractivity contribution is 5.89. The van der Waals surface area contributed by atoms with Crippen molar-refractivity contribution in [2.24, 2.45) is 0 Å². The largest absolute Gasteiger partial charge is 0.493 e. The van der Waals surface area contributed by atoms with Crippen molar-refractivity contribution in [2.45, 2.75) is 33.6 Å². The van der Waals surface area contributed by atoms with Crippen LogP contribution in [0.2, 0.25) is 0 Å². The third-order valence-corrected chi connectivity index (χ3v) is 6.42. The Morgan fingerprint density at radius 3 is 2.37 bits per heavy atom. The van der Waals surface area contributed by atoms with Crippen molar-refractivity contribution in [3.63, 3.8) is 0 Å². The monoisotopic (exact) mass is 400 g/mol. The zero-order valence-electron chi connectivity index (χ0n) is 17.6. The van der Waals surface area contributed by atoms with E-state index in [-0.39, 0.29) is 6.79 Å². The van der Waals surface area contributed by atoms with Gasteiger partial charge >= 0.3 is 0 Å². The Morgan fingerprint density at radius 1 is 0.633 bits per heavy atom. The molecular weight excluding hydrogens is 376 g/mol. The van der Waals surface area contributed by atoms with E-state index < -0.39 is 0 Å². The van der Waals surface area contributed by atoms with Gasteiger partial charge in [-0.15, -0.1) is 0 Å². The van der Waals surface area contributed by atoms with E-state index >= 15 is 0 Å². The summed E-state index contributed by atoms with van der Waals surface area (Å²) in [5.74, 6) is 3.64. The van der Waals surface area contributed by atoms with E-state index in [0.29, 0.717) is 6.61 Å². The van der Waals surface area contributed by atoms with Crippen molar-refractivity contribution in [3.8, 4) is 45.3 Å². The topological polar surface area (TPSA) is 36.9 Å². The highest BCUT2D eigenvalue weighted by Crippen LogP contribution is 2.51. The Bertz CT molecular complexity index is 1210. The predicted octanol–water partition coefficient (Wildman–Crippen LogP) is 5.54. The van der Waals surface area contributed by atoms with Crippen LogP contribution in [0.15, 0.2) is 30.3 Å². The first kappa shape index (κ1) is 17.7. The molecule has 3 aliphatic heterocycles. The molecule has 6 rings (SSSR count). The molecule has 3 aromatic carbocycles. The van der Waals surface area contributed by atoms with Crippen LogP contribution in [0.1, 0.15) is 27.8 Å². The number of aryl methyl sites for hydroxylation is 3. The van der Waals surface area contributed by atoms with Crippen molar-refractivity contribution >= 4 is 0 Å². The summed E-state index contributed by atoms with van der Waals surface area (Å²) >= 11 is 0. The first-order valence-electron chi connectivity index (χ1n) is 10.6. The van der Waals surface area contributed by atoms with Crippen molar-refractivity contribution in [1.29, 1.82) is 0 Å². The van der Waals surface area contributed by atoms with Crippen molar-refractivity contribution in [3.05, 3.63) is 58.1 Å². The van der Waals surface area contributed by atoms with E-state index in [1.807, 2.05) is 6.07 Å². The molecule has 3 aliphatic rings. The van der Waals surface area contributed by atoms with E-state index in [4.69, 9.17) is 18.9 Å². The molecule has 0 aliphatic carbocycles. The minimum absolute atomic E-state index is 0.265. The van der Waals surface area contributed by atoms with Crippen LogP contribution >= 0.6 is 0 Å². The molecule has 0 N–H and O–H groups in total. The van der Waals surface area contributed by atoms with Gasteiger partial charge in [0.2, 0.25) is 6.79 Å². The molecule has 152 valence electrons. The fourth-order valence-electron chi connectivity index (χ4n) is 5.15. The molecule has 0 fully saturated rings. The number of rotatable bonds is 2. The Kier molecular flexibility index (Phi) is 3.79. The summed E-state index contributed by atoms with van der Waals surface area (Å²) in [4.78, 5) is 0. The number of benzene rings is 3. The highest BCUT2D eigenvalue weighted by Gasteiger charge is 2.30. The summed E-state index contributed by atoms with van der Waals surface area (Å²) in [7, 11) is 0. The lowest BCUT2D eigenvalue weighted by atomic mass is 9.85. The lowest BCUT2D eigenvalue weighted by Gasteiger charge is -2.19. The van der Waals surface area contributed by atoms with E-state index in [2.05, 4.69) is 45.0 Å². The van der Waals surface area contributed by atoms with Gasteiger partial charge in [0.15, 0.2) is 11.5 Å². The third kappa shape index (κ3) is 2.46. The molecule has 0 aromatic heterocycles. The van der Waals surface area contributed by atoms with E-state index in [9.17, 15) is 0 Å². The van der Waals surface area contributed by atoms with Gasteiger partial charge in [0.25, 0.3) is 0 Å². The van der Waals surface area contributed by atoms with E-state index in [0.717, 1.165) is 59.1 Å². The molecule has 0 unspecified atom stereocenters. The van der Waals surface area contributed by atoms with Gasteiger partial charge in [-0.2, -0.15) is 0 Å². The van der Waals surface area contributed by atoms with Gasteiger partial charge in [-0.3, -0.25) is 0 Å². The smallest absolute Gasteiger partial charge is 0.231 e. The average Bonchev–Trinajstić information content (AvgIpc) is 3.47. The van der Waals surface area contributed by atoms with Crippen molar-refractivity contribution in [2.75, 3.05) is 20.0 Å². The highest BCUT2D eigenvalue weighted by atomic mass is 16.7. The first-order chi connectivity index (χ1) is 14.6. The first-order valence-corrected chi connectivity index (χ1v) is 10.6. The summed E-state index contributed by atoms with van der Waals surface area (Å²) in [6, 6.07) is 10.8. The fourth-order valence-corrected chi connectivity index (χ4v) is 5.15. The molecule has 0 bridgehead atoms. The van der Waals surface area contributed by atoms with E-state index in [1.54, 1.807) is 0 Å². The maximum atomic E-state index is 6.24. The molecule has 3 heterocycles. The third-order valence-electron chi connectivity index (χ3n) is 6.42. The Balaban J connectivity index is 1.62.